The van der Waals surface area contributed by atoms with Crippen LogP contribution in [-0.4, -0.2) is 50.0 Å². The largest absolute Gasteiger partial charge is 0.497 e. The molecule has 1 aliphatic heterocycles. The van der Waals surface area contributed by atoms with Gasteiger partial charge in [-0.05, 0) is 61.4 Å². The maximum absolute atomic E-state index is 13.1. The van der Waals surface area contributed by atoms with Crippen molar-refractivity contribution in [1.82, 2.24) is 4.90 Å². The fraction of sp³-hybridized carbons (Fsp3) is 0.364. The number of nitrogens with one attached hydrogen (secondary N) is 1. The van der Waals surface area contributed by atoms with Crippen molar-refractivity contribution in [3.05, 3.63) is 54.3 Å². The molecule has 152 valence electrons. The van der Waals surface area contributed by atoms with E-state index in [1.807, 2.05) is 24.3 Å². The molecule has 1 saturated carbocycles. The lowest BCUT2D eigenvalue weighted by molar-refractivity contribution is -0.142. The van der Waals surface area contributed by atoms with Crippen LogP contribution in [0.25, 0.3) is 0 Å². The molecule has 2 aromatic carbocycles. The highest BCUT2D eigenvalue weighted by Crippen LogP contribution is 2.48. The van der Waals surface area contributed by atoms with E-state index in [0.29, 0.717) is 44.7 Å². The van der Waals surface area contributed by atoms with Crippen LogP contribution in [-0.2, 0) is 9.59 Å². The third-order valence-corrected chi connectivity index (χ3v) is 5.70. The van der Waals surface area contributed by atoms with Gasteiger partial charge in [-0.25, -0.2) is 4.39 Å². The summed E-state index contributed by atoms with van der Waals surface area (Å²) >= 11 is 0. The number of halogens is 1. The van der Waals surface area contributed by atoms with Crippen LogP contribution in [0.1, 0.15) is 12.8 Å². The molecular formula is C22H24FN3O3. The summed E-state index contributed by atoms with van der Waals surface area (Å²) in [5, 5.41) is 2.76. The summed E-state index contributed by atoms with van der Waals surface area (Å²) < 4.78 is 18.2. The number of benzene rings is 2. The van der Waals surface area contributed by atoms with Crippen molar-refractivity contribution in [2.45, 2.75) is 12.8 Å². The molecule has 2 aliphatic rings. The second-order valence-electron chi connectivity index (χ2n) is 7.52. The highest BCUT2D eigenvalue weighted by atomic mass is 19.1. The second kappa shape index (κ2) is 7.73. The maximum atomic E-state index is 13.1. The molecule has 29 heavy (non-hydrogen) atoms. The normalized spacial score (nSPS) is 17.6. The average molecular weight is 397 g/mol. The van der Waals surface area contributed by atoms with E-state index >= 15 is 0 Å². The molecule has 0 aromatic heterocycles. The first-order chi connectivity index (χ1) is 14.0. The molecule has 2 fully saturated rings. The summed E-state index contributed by atoms with van der Waals surface area (Å²) in [4.78, 5) is 29.8. The van der Waals surface area contributed by atoms with Crippen molar-refractivity contribution in [3.8, 4) is 5.75 Å². The first kappa shape index (κ1) is 19.2. The molecule has 7 heteroatoms. The van der Waals surface area contributed by atoms with Crippen LogP contribution < -0.4 is 15.0 Å². The van der Waals surface area contributed by atoms with Crippen LogP contribution in [0.15, 0.2) is 48.5 Å². The van der Waals surface area contributed by atoms with Crippen molar-refractivity contribution in [2.24, 2.45) is 5.41 Å². The Hall–Kier alpha value is -3.09. The molecule has 1 aliphatic carbocycles. The Labute approximate surface area is 169 Å². The van der Waals surface area contributed by atoms with E-state index in [0.717, 1.165) is 11.4 Å². The van der Waals surface area contributed by atoms with E-state index in [1.54, 1.807) is 12.0 Å². The molecule has 1 N–H and O–H groups in total. The minimum atomic E-state index is -0.976. The highest BCUT2D eigenvalue weighted by molar-refractivity contribution is 6.13. The lowest BCUT2D eigenvalue weighted by Crippen LogP contribution is -2.52. The quantitative estimate of drug-likeness (QED) is 0.788. The fourth-order valence-electron chi connectivity index (χ4n) is 3.71. The molecule has 0 spiro atoms. The first-order valence-electron chi connectivity index (χ1n) is 9.77. The van der Waals surface area contributed by atoms with E-state index in [-0.39, 0.29) is 17.6 Å². The van der Waals surface area contributed by atoms with E-state index < -0.39 is 5.41 Å². The van der Waals surface area contributed by atoms with Gasteiger partial charge in [-0.2, -0.15) is 0 Å². The molecule has 1 saturated heterocycles. The van der Waals surface area contributed by atoms with Gasteiger partial charge in [0.15, 0.2) is 0 Å². The van der Waals surface area contributed by atoms with Gasteiger partial charge in [-0.1, -0.05) is 0 Å². The SMILES string of the molecule is COc1ccc(N2CCN(C(=O)C3(C(=O)Nc4ccc(F)cc4)CC3)CC2)cc1. The van der Waals surface area contributed by atoms with Crippen LogP contribution >= 0.6 is 0 Å². The predicted octanol–water partition coefficient (Wildman–Crippen LogP) is 2.90. The number of carbonyl (C=O) groups excluding carboxylic acids is 2. The lowest BCUT2D eigenvalue weighted by atomic mass is 10.0. The molecular weight excluding hydrogens is 373 g/mol. The molecule has 1 heterocycles. The molecule has 4 rings (SSSR count). The van der Waals surface area contributed by atoms with E-state index in [2.05, 4.69) is 10.2 Å². The number of methoxy groups -OCH3 is 1. The Kier molecular flexibility index (Phi) is 5.13. The van der Waals surface area contributed by atoms with E-state index in [9.17, 15) is 14.0 Å². The number of hydrogen-bond acceptors (Lipinski definition) is 4. The summed E-state index contributed by atoms with van der Waals surface area (Å²) in [6.07, 6.45) is 1.11. The van der Waals surface area contributed by atoms with Gasteiger partial charge in [0.25, 0.3) is 0 Å². The van der Waals surface area contributed by atoms with Crippen LogP contribution in [0, 0.1) is 11.2 Å². The van der Waals surface area contributed by atoms with Crippen LogP contribution in [0.3, 0.4) is 0 Å². The van der Waals surface area contributed by atoms with Crippen molar-refractivity contribution in [1.29, 1.82) is 0 Å². The van der Waals surface area contributed by atoms with Gasteiger partial charge in [-0.15, -0.1) is 0 Å². The zero-order valence-electron chi connectivity index (χ0n) is 16.4. The van der Waals surface area contributed by atoms with Gasteiger partial charge < -0.3 is 19.9 Å². The Morgan fingerprint density at radius 2 is 1.59 bits per heavy atom. The van der Waals surface area contributed by atoms with Crippen LogP contribution in [0.5, 0.6) is 5.75 Å². The maximum Gasteiger partial charge on any atom is 0.240 e. The molecule has 0 atom stereocenters. The van der Waals surface area contributed by atoms with E-state index in [4.69, 9.17) is 4.74 Å². The molecule has 2 aromatic rings. The average Bonchev–Trinajstić information content (AvgIpc) is 3.57. The Bertz CT molecular complexity index is 887. The number of nitrogens with zero attached hydrogens (tertiary/aromatic N) is 2. The van der Waals surface area contributed by atoms with Crippen molar-refractivity contribution in [3.63, 3.8) is 0 Å². The van der Waals surface area contributed by atoms with Gasteiger partial charge in [-0.3, -0.25) is 9.59 Å². The lowest BCUT2D eigenvalue weighted by Gasteiger charge is -2.37. The number of amides is 2. The van der Waals surface area contributed by atoms with Gasteiger partial charge in [0.2, 0.25) is 11.8 Å². The van der Waals surface area contributed by atoms with Crippen molar-refractivity contribution in [2.75, 3.05) is 43.5 Å². The number of rotatable bonds is 5. The molecule has 0 bridgehead atoms. The highest BCUT2D eigenvalue weighted by Gasteiger charge is 2.58. The minimum Gasteiger partial charge on any atom is -0.497 e. The standard InChI is InChI=1S/C22H24FN3O3/c1-29-19-8-6-18(7-9-19)25-12-14-26(15-13-25)21(28)22(10-11-22)20(27)24-17-4-2-16(23)3-5-17/h2-9H,10-15H2,1H3,(H,24,27). The number of ether oxygens (including phenoxy) is 1. The topological polar surface area (TPSA) is 61.9 Å². The van der Waals surface area contributed by atoms with Gasteiger partial charge >= 0.3 is 0 Å². The summed E-state index contributed by atoms with van der Waals surface area (Å²) in [5.74, 6) is 0.0403. The summed E-state index contributed by atoms with van der Waals surface area (Å²) in [6, 6.07) is 13.4. The zero-order chi connectivity index (χ0) is 20.4. The fourth-order valence-corrected chi connectivity index (χ4v) is 3.71. The minimum absolute atomic E-state index is 0.105. The number of carbonyl (C=O) groups is 2. The van der Waals surface area contributed by atoms with Crippen molar-refractivity contribution >= 4 is 23.2 Å². The third kappa shape index (κ3) is 3.90. The molecule has 0 unspecified atom stereocenters. The van der Waals surface area contributed by atoms with Gasteiger partial charge in [0.05, 0.1) is 7.11 Å². The second-order valence-corrected chi connectivity index (χ2v) is 7.52. The predicted molar refractivity (Wildman–Crippen MR) is 108 cm³/mol. The Morgan fingerprint density at radius 3 is 2.14 bits per heavy atom. The first-order valence-corrected chi connectivity index (χ1v) is 9.77. The Morgan fingerprint density at radius 1 is 0.966 bits per heavy atom. The summed E-state index contributed by atoms with van der Waals surface area (Å²) in [7, 11) is 1.64. The zero-order valence-corrected chi connectivity index (χ0v) is 16.4. The summed E-state index contributed by atoms with van der Waals surface area (Å²) in [5.41, 5.74) is 0.615. The molecule has 0 radical (unpaired) electrons. The number of piperazine rings is 1. The number of anilines is 2. The smallest absolute Gasteiger partial charge is 0.240 e. The van der Waals surface area contributed by atoms with Gasteiger partial charge in [0, 0.05) is 37.6 Å². The van der Waals surface area contributed by atoms with E-state index in [1.165, 1.54) is 24.3 Å². The third-order valence-electron chi connectivity index (χ3n) is 5.70. The van der Waals surface area contributed by atoms with Gasteiger partial charge in [0.1, 0.15) is 17.0 Å². The molecule has 2 amide bonds. The monoisotopic (exact) mass is 397 g/mol. The summed E-state index contributed by atoms with van der Waals surface area (Å²) in [6.45, 7) is 2.59. The Balaban J connectivity index is 1.36. The van der Waals surface area contributed by atoms with Crippen LogP contribution in [0.4, 0.5) is 15.8 Å². The number of hydrogen-bond donors (Lipinski definition) is 1. The van der Waals surface area contributed by atoms with Crippen molar-refractivity contribution < 1.29 is 18.7 Å². The van der Waals surface area contributed by atoms with Crippen LogP contribution in [0.2, 0.25) is 0 Å². The molecule has 6 nitrogen and oxygen atoms in total.